The minimum atomic E-state index is -0.417. The highest BCUT2D eigenvalue weighted by Gasteiger charge is 2.26. The number of rotatable bonds is 6. The van der Waals surface area contributed by atoms with Gasteiger partial charge in [0.05, 0.1) is 0 Å². The maximum atomic E-state index is 12.0. The molecular formula is C18H25NO3. The Hall–Kier alpha value is -1.68. The summed E-state index contributed by atoms with van der Waals surface area (Å²) in [5.41, 5.74) is 7.61. The molecule has 0 bridgehead atoms. The van der Waals surface area contributed by atoms with E-state index in [1.54, 1.807) is 12.1 Å². The van der Waals surface area contributed by atoms with Gasteiger partial charge in [0.2, 0.25) is 5.91 Å². The highest BCUT2D eigenvalue weighted by atomic mass is 16.5. The first-order valence-electron chi connectivity index (χ1n) is 8.02. The van der Waals surface area contributed by atoms with Gasteiger partial charge in [0.25, 0.3) is 0 Å². The van der Waals surface area contributed by atoms with E-state index in [0.29, 0.717) is 23.0 Å². The van der Waals surface area contributed by atoms with Crippen molar-refractivity contribution in [1.82, 2.24) is 0 Å². The van der Waals surface area contributed by atoms with Crippen LogP contribution in [-0.4, -0.2) is 25.4 Å². The average Bonchev–Trinajstić information content (AvgIpc) is 2.54. The summed E-state index contributed by atoms with van der Waals surface area (Å²) in [6.45, 7) is 2.26. The SMILES string of the molecule is CCC1CCCC(c2cc(C(=O)COC)ccc2C(N)=O)C1. The lowest BCUT2D eigenvalue weighted by atomic mass is 9.75. The van der Waals surface area contributed by atoms with Crippen LogP contribution >= 0.6 is 0 Å². The molecule has 1 aromatic carbocycles. The number of methoxy groups -OCH3 is 1. The highest BCUT2D eigenvalue weighted by molar-refractivity contribution is 6.00. The van der Waals surface area contributed by atoms with E-state index >= 15 is 0 Å². The molecule has 120 valence electrons. The minimum Gasteiger partial charge on any atom is -0.377 e. The number of carbonyl (C=O) groups excluding carboxylic acids is 2. The molecule has 1 fully saturated rings. The second-order valence-corrected chi connectivity index (χ2v) is 6.16. The van der Waals surface area contributed by atoms with Crippen molar-refractivity contribution in [2.45, 2.75) is 44.9 Å². The van der Waals surface area contributed by atoms with Gasteiger partial charge in [-0.2, -0.15) is 0 Å². The molecule has 2 unspecified atom stereocenters. The van der Waals surface area contributed by atoms with Gasteiger partial charge < -0.3 is 10.5 Å². The standard InChI is InChI=1S/C18H25NO3/c1-3-12-5-4-6-13(9-12)16-10-14(17(20)11-22-2)7-8-15(16)18(19)21/h7-8,10,12-13H,3-6,9,11H2,1-2H3,(H2,19,21). The molecule has 1 aliphatic carbocycles. The van der Waals surface area contributed by atoms with Crippen molar-refractivity contribution in [2.24, 2.45) is 11.7 Å². The van der Waals surface area contributed by atoms with E-state index in [0.717, 1.165) is 31.2 Å². The Labute approximate surface area is 132 Å². The molecule has 1 saturated carbocycles. The highest BCUT2D eigenvalue weighted by Crippen LogP contribution is 2.39. The Morgan fingerprint density at radius 1 is 1.32 bits per heavy atom. The van der Waals surface area contributed by atoms with Gasteiger partial charge in [-0.15, -0.1) is 0 Å². The molecule has 0 aromatic heterocycles. The largest absolute Gasteiger partial charge is 0.377 e. The third kappa shape index (κ3) is 3.74. The summed E-state index contributed by atoms with van der Waals surface area (Å²) in [5, 5.41) is 0. The first kappa shape index (κ1) is 16.7. The molecule has 0 heterocycles. The monoisotopic (exact) mass is 303 g/mol. The van der Waals surface area contributed by atoms with Crippen molar-refractivity contribution >= 4 is 11.7 Å². The van der Waals surface area contributed by atoms with Crippen LogP contribution in [0.2, 0.25) is 0 Å². The van der Waals surface area contributed by atoms with Gasteiger partial charge in [0.1, 0.15) is 6.61 Å². The first-order valence-corrected chi connectivity index (χ1v) is 8.02. The number of Topliss-reactive ketones (excluding diaryl/α,β-unsaturated/α-hetero) is 1. The van der Waals surface area contributed by atoms with Crippen molar-refractivity contribution in [3.8, 4) is 0 Å². The molecule has 4 heteroatoms. The number of hydrogen-bond acceptors (Lipinski definition) is 3. The number of benzene rings is 1. The van der Waals surface area contributed by atoms with Gasteiger partial charge in [0, 0.05) is 18.2 Å². The maximum absolute atomic E-state index is 12.0. The predicted molar refractivity (Wildman–Crippen MR) is 86.2 cm³/mol. The van der Waals surface area contributed by atoms with E-state index in [1.165, 1.54) is 13.5 Å². The normalized spacial score (nSPS) is 21.5. The molecule has 0 saturated heterocycles. The number of ketones is 1. The molecule has 1 aliphatic rings. The molecule has 4 nitrogen and oxygen atoms in total. The van der Waals surface area contributed by atoms with Crippen molar-refractivity contribution in [1.29, 1.82) is 0 Å². The number of amides is 1. The lowest BCUT2D eigenvalue weighted by Crippen LogP contribution is -2.20. The smallest absolute Gasteiger partial charge is 0.248 e. The van der Waals surface area contributed by atoms with Crippen molar-refractivity contribution in [3.05, 3.63) is 34.9 Å². The topological polar surface area (TPSA) is 69.4 Å². The van der Waals surface area contributed by atoms with Gasteiger partial charge >= 0.3 is 0 Å². The molecule has 0 aliphatic heterocycles. The van der Waals surface area contributed by atoms with Gasteiger partial charge in [0.15, 0.2) is 5.78 Å². The molecule has 1 amide bonds. The molecule has 22 heavy (non-hydrogen) atoms. The van der Waals surface area contributed by atoms with Crippen LogP contribution in [-0.2, 0) is 4.74 Å². The predicted octanol–water partition coefficient (Wildman–Crippen LogP) is 3.30. The van der Waals surface area contributed by atoms with Crippen LogP contribution in [0.1, 0.15) is 71.2 Å². The van der Waals surface area contributed by atoms with E-state index in [-0.39, 0.29) is 12.4 Å². The van der Waals surface area contributed by atoms with Gasteiger partial charge in [-0.1, -0.05) is 32.3 Å². The van der Waals surface area contributed by atoms with Crippen LogP contribution in [0.3, 0.4) is 0 Å². The summed E-state index contributed by atoms with van der Waals surface area (Å²) in [6, 6.07) is 5.21. The molecule has 2 rings (SSSR count). The summed E-state index contributed by atoms with van der Waals surface area (Å²) >= 11 is 0. The second kappa shape index (κ2) is 7.54. The summed E-state index contributed by atoms with van der Waals surface area (Å²) in [5.74, 6) is 0.524. The lowest BCUT2D eigenvalue weighted by Gasteiger charge is -2.30. The quantitative estimate of drug-likeness (QED) is 0.820. The zero-order chi connectivity index (χ0) is 16.1. The van der Waals surface area contributed by atoms with E-state index < -0.39 is 5.91 Å². The summed E-state index contributed by atoms with van der Waals surface area (Å²) in [6.07, 6.45) is 5.70. The molecule has 1 aromatic rings. The number of ether oxygens (including phenoxy) is 1. The number of hydrogen-bond donors (Lipinski definition) is 1. The second-order valence-electron chi connectivity index (χ2n) is 6.16. The minimum absolute atomic E-state index is 0.0532. The van der Waals surface area contributed by atoms with Crippen molar-refractivity contribution in [3.63, 3.8) is 0 Å². The molecule has 2 N–H and O–H groups in total. The van der Waals surface area contributed by atoms with E-state index in [2.05, 4.69) is 6.92 Å². The maximum Gasteiger partial charge on any atom is 0.248 e. The van der Waals surface area contributed by atoms with Crippen LogP contribution in [0, 0.1) is 5.92 Å². The molecule has 0 spiro atoms. The van der Waals surface area contributed by atoms with Gasteiger partial charge in [-0.3, -0.25) is 9.59 Å². The van der Waals surface area contributed by atoms with Crippen molar-refractivity contribution < 1.29 is 14.3 Å². The van der Waals surface area contributed by atoms with Crippen molar-refractivity contribution in [2.75, 3.05) is 13.7 Å². The Morgan fingerprint density at radius 2 is 2.09 bits per heavy atom. The number of carbonyl (C=O) groups is 2. The molecular weight excluding hydrogens is 278 g/mol. The van der Waals surface area contributed by atoms with Crippen LogP contribution < -0.4 is 5.73 Å². The Bertz CT molecular complexity index is 553. The van der Waals surface area contributed by atoms with Gasteiger partial charge in [-0.05, 0) is 42.4 Å². The molecule has 0 radical (unpaired) electrons. The third-order valence-corrected chi connectivity index (χ3v) is 4.71. The average molecular weight is 303 g/mol. The van der Waals surface area contributed by atoms with E-state index in [9.17, 15) is 9.59 Å². The lowest BCUT2D eigenvalue weighted by molar-refractivity contribution is 0.0847. The summed E-state index contributed by atoms with van der Waals surface area (Å²) in [4.78, 5) is 23.8. The third-order valence-electron chi connectivity index (χ3n) is 4.71. The molecule has 2 atom stereocenters. The fourth-order valence-corrected chi connectivity index (χ4v) is 3.46. The zero-order valence-corrected chi connectivity index (χ0v) is 13.4. The van der Waals surface area contributed by atoms with E-state index in [4.69, 9.17) is 10.5 Å². The van der Waals surface area contributed by atoms with E-state index in [1.807, 2.05) is 6.07 Å². The summed E-state index contributed by atoms with van der Waals surface area (Å²) < 4.78 is 4.91. The Balaban J connectivity index is 2.35. The van der Waals surface area contributed by atoms with Crippen LogP contribution in [0.4, 0.5) is 0 Å². The summed E-state index contributed by atoms with van der Waals surface area (Å²) in [7, 11) is 1.50. The Kier molecular flexibility index (Phi) is 5.72. The van der Waals surface area contributed by atoms with Crippen LogP contribution in [0.15, 0.2) is 18.2 Å². The zero-order valence-electron chi connectivity index (χ0n) is 13.4. The fraction of sp³-hybridized carbons (Fsp3) is 0.556. The van der Waals surface area contributed by atoms with Gasteiger partial charge in [-0.25, -0.2) is 0 Å². The number of nitrogens with two attached hydrogens (primary N) is 1. The number of primary amides is 1. The first-order chi connectivity index (χ1) is 10.6. The fourth-order valence-electron chi connectivity index (χ4n) is 3.46. The van der Waals surface area contributed by atoms with Crippen LogP contribution in [0.5, 0.6) is 0 Å². The van der Waals surface area contributed by atoms with Crippen LogP contribution in [0.25, 0.3) is 0 Å². The Morgan fingerprint density at radius 3 is 2.73 bits per heavy atom.